The van der Waals surface area contributed by atoms with Crippen molar-refractivity contribution in [1.29, 1.82) is 0 Å². The Bertz CT molecular complexity index is 916. The predicted molar refractivity (Wildman–Crippen MR) is 99.1 cm³/mol. The molecule has 0 saturated heterocycles. The van der Waals surface area contributed by atoms with Crippen molar-refractivity contribution in [2.24, 2.45) is 0 Å². The fraction of sp³-hybridized carbons (Fsp3) is 0.211. The van der Waals surface area contributed by atoms with Crippen LogP contribution < -0.4 is 5.32 Å². The lowest BCUT2D eigenvalue weighted by Crippen LogP contribution is -2.37. The van der Waals surface area contributed by atoms with E-state index in [1.165, 1.54) is 6.39 Å². The number of anilines is 1. The van der Waals surface area contributed by atoms with Gasteiger partial charge in [-0.2, -0.15) is 0 Å². The molecule has 6 nitrogen and oxygen atoms in total. The number of hydrogen-bond acceptors (Lipinski definition) is 5. The van der Waals surface area contributed by atoms with E-state index < -0.39 is 0 Å². The van der Waals surface area contributed by atoms with Crippen molar-refractivity contribution < 1.29 is 14.0 Å². The Balaban J connectivity index is 1.40. The number of nitrogens with zero attached hydrogens (tertiary/aromatic N) is 2. The fourth-order valence-electron chi connectivity index (χ4n) is 3.03. The highest BCUT2D eigenvalue weighted by Gasteiger charge is 2.24. The zero-order valence-corrected chi connectivity index (χ0v) is 14.8. The predicted octanol–water partition coefficient (Wildman–Crippen LogP) is 3.43. The van der Waals surface area contributed by atoms with Crippen LogP contribution in [0.25, 0.3) is 11.3 Å². The summed E-state index contributed by atoms with van der Waals surface area (Å²) in [5.41, 5.74) is 2.29. The van der Waals surface area contributed by atoms with Crippen molar-refractivity contribution in [3.8, 4) is 11.3 Å². The summed E-state index contributed by atoms with van der Waals surface area (Å²) in [7, 11) is 0. The molecule has 2 amide bonds. The molecule has 4 rings (SSSR count). The molecule has 1 N–H and O–H groups in total. The van der Waals surface area contributed by atoms with Gasteiger partial charge in [0, 0.05) is 22.7 Å². The highest BCUT2D eigenvalue weighted by molar-refractivity contribution is 7.10. The van der Waals surface area contributed by atoms with Crippen LogP contribution >= 0.6 is 11.3 Å². The normalized spacial score (nSPS) is 14.0. The Morgan fingerprint density at radius 1 is 1.27 bits per heavy atom. The van der Waals surface area contributed by atoms with Gasteiger partial charge in [0.25, 0.3) is 5.91 Å². The first-order valence-electron chi connectivity index (χ1n) is 8.35. The first-order chi connectivity index (χ1) is 12.7. The molecule has 1 aliphatic rings. The van der Waals surface area contributed by atoms with Gasteiger partial charge in [-0.25, -0.2) is 4.98 Å². The molecule has 2 aromatic heterocycles. The van der Waals surface area contributed by atoms with Gasteiger partial charge in [-0.15, -0.1) is 11.3 Å². The topological polar surface area (TPSA) is 75.4 Å². The zero-order chi connectivity index (χ0) is 17.9. The van der Waals surface area contributed by atoms with Crippen molar-refractivity contribution in [1.82, 2.24) is 9.88 Å². The maximum absolute atomic E-state index is 12.6. The lowest BCUT2D eigenvalue weighted by atomic mass is 10.1. The van der Waals surface area contributed by atoms with Crippen molar-refractivity contribution in [2.75, 3.05) is 18.4 Å². The quantitative estimate of drug-likeness (QED) is 0.766. The number of nitrogens with one attached hydrogen (secondary N) is 1. The molecular weight excluding hydrogens is 350 g/mol. The number of aromatic nitrogens is 1. The molecule has 0 aliphatic carbocycles. The summed E-state index contributed by atoms with van der Waals surface area (Å²) in [6.07, 6.45) is 4.78. The van der Waals surface area contributed by atoms with Gasteiger partial charge in [0.15, 0.2) is 12.2 Å². The van der Waals surface area contributed by atoms with E-state index in [0.29, 0.717) is 18.0 Å². The second kappa shape index (κ2) is 7.13. The molecule has 0 radical (unpaired) electrons. The second-order valence-electron chi connectivity index (χ2n) is 6.08. The molecule has 3 aromatic rings. The van der Waals surface area contributed by atoms with Gasteiger partial charge in [-0.1, -0.05) is 0 Å². The molecule has 7 heteroatoms. The smallest absolute Gasteiger partial charge is 0.255 e. The summed E-state index contributed by atoms with van der Waals surface area (Å²) in [5, 5.41) is 4.78. The molecular formula is C19H17N3O3S. The van der Waals surface area contributed by atoms with E-state index in [4.69, 9.17) is 4.42 Å². The van der Waals surface area contributed by atoms with Crippen LogP contribution in [0.1, 0.15) is 21.7 Å². The molecule has 26 heavy (non-hydrogen) atoms. The summed E-state index contributed by atoms with van der Waals surface area (Å²) in [6.45, 7) is 0.649. The van der Waals surface area contributed by atoms with Gasteiger partial charge in [0.2, 0.25) is 5.91 Å². The molecule has 0 unspecified atom stereocenters. The summed E-state index contributed by atoms with van der Waals surface area (Å²) in [4.78, 5) is 31.6. The molecule has 0 fully saturated rings. The lowest BCUT2D eigenvalue weighted by Gasteiger charge is -2.20. The van der Waals surface area contributed by atoms with Crippen LogP contribution in [-0.2, 0) is 11.2 Å². The highest BCUT2D eigenvalue weighted by Crippen LogP contribution is 2.24. The van der Waals surface area contributed by atoms with E-state index in [1.54, 1.807) is 34.6 Å². The van der Waals surface area contributed by atoms with Crippen LogP contribution in [0, 0.1) is 0 Å². The Kier molecular flexibility index (Phi) is 4.53. The number of fused-ring (bicyclic) bond motifs is 1. The van der Waals surface area contributed by atoms with Crippen LogP contribution in [0.5, 0.6) is 0 Å². The minimum atomic E-state index is -0.204. The van der Waals surface area contributed by atoms with Crippen molar-refractivity contribution >= 4 is 28.8 Å². The molecule has 3 heterocycles. The number of carbonyl (C=O) groups is 2. The standard InChI is InChI=1S/C19H17N3O3S/c23-18(11-22-8-1-2-17-15(19(22)24)7-9-26-17)21-14-5-3-13(4-6-14)16-10-20-12-25-16/h3-7,9-10,12H,1-2,8,11H2,(H,21,23). The highest BCUT2D eigenvalue weighted by atomic mass is 32.1. The lowest BCUT2D eigenvalue weighted by molar-refractivity contribution is -0.116. The number of carbonyl (C=O) groups excluding carboxylic acids is 2. The van der Waals surface area contributed by atoms with Gasteiger partial charge in [0.1, 0.15) is 6.54 Å². The summed E-state index contributed by atoms with van der Waals surface area (Å²) >= 11 is 1.61. The minimum Gasteiger partial charge on any atom is -0.444 e. The van der Waals surface area contributed by atoms with Crippen LogP contribution in [0.3, 0.4) is 0 Å². The van der Waals surface area contributed by atoms with E-state index in [1.807, 2.05) is 23.6 Å². The van der Waals surface area contributed by atoms with E-state index in [9.17, 15) is 9.59 Å². The Morgan fingerprint density at radius 3 is 2.88 bits per heavy atom. The van der Waals surface area contributed by atoms with Gasteiger partial charge in [-0.05, 0) is 48.6 Å². The van der Waals surface area contributed by atoms with Gasteiger partial charge < -0.3 is 14.6 Å². The largest absolute Gasteiger partial charge is 0.444 e. The molecule has 1 aromatic carbocycles. The summed E-state index contributed by atoms with van der Waals surface area (Å²) < 4.78 is 5.24. The molecule has 0 bridgehead atoms. The third kappa shape index (κ3) is 3.39. The van der Waals surface area contributed by atoms with Crippen LogP contribution in [0.2, 0.25) is 0 Å². The summed E-state index contributed by atoms with van der Waals surface area (Å²) in [6, 6.07) is 9.16. The number of rotatable bonds is 4. The third-order valence-corrected chi connectivity index (χ3v) is 5.30. The molecule has 132 valence electrons. The molecule has 1 aliphatic heterocycles. The number of benzene rings is 1. The van der Waals surface area contributed by atoms with E-state index in [2.05, 4.69) is 10.3 Å². The Labute approximate surface area is 154 Å². The average Bonchev–Trinajstić information content (AvgIpc) is 3.31. The van der Waals surface area contributed by atoms with Gasteiger partial charge in [0.05, 0.1) is 11.8 Å². The summed E-state index contributed by atoms with van der Waals surface area (Å²) in [5.74, 6) is 0.406. The van der Waals surface area contributed by atoms with Crippen molar-refractivity contribution in [3.05, 3.63) is 58.7 Å². The fourth-order valence-corrected chi connectivity index (χ4v) is 3.94. The maximum atomic E-state index is 12.6. The van der Waals surface area contributed by atoms with Crippen LogP contribution in [0.15, 0.2) is 52.7 Å². The SMILES string of the molecule is O=C(CN1CCCc2sccc2C1=O)Nc1ccc(-c2cnco2)cc1. The maximum Gasteiger partial charge on any atom is 0.255 e. The second-order valence-corrected chi connectivity index (χ2v) is 7.08. The minimum absolute atomic E-state index is 0.0535. The average molecular weight is 367 g/mol. The number of hydrogen-bond donors (Lipinski definition) is 1. The Hall–Kier alpha value is -2.93. The van der Waals surface area contributed by atoms with E-state index in [-0.39, 0.29) is 18.4 Å². The Morgan fingerprint density at radius 2 is 2.12 bits per heavy atom. The molecule has 0 spiro atoms. The van der Waals surface area contributed by atoms with Crippen LogP contribution in [0.4, 0.5) is 5.69 Å². The number of oxazole rings is 1. The first-order valence-corrected chi connectivity index (χ1v) is 9.23. The first kappa shape index (κ1) is 16.5. The molecule has 0 saturated carbocycles. The molecule has 0 atom stereocenters. The number of thiophene rings is 1. The van der Waals surface area contributed by atoms with Gasteiger partial charge >= 0.3 is 0 Å². The number of aryl methyl sites for hydroxylation is 1. The van der Waals surface area contributed by atoms with E-state index in [0.717, 1.165) is 28.8 Å². The van der Waals surface area contributed by atoms with Crippen molar-refractivity contribution in [3.63, 3.8) is 0 Å². The third-order valence-electron chi connectivity index (χ3n) is 4.31. The van der Waals surface area contributed by atoms with Crippen molar-refractivity contribution in [2.45, 2.75) is 12.8 Å². The monoisotopic (exact) mass is 367 g/mol. The number of amides is 2. The van der Waals surface area contributed by atoms with Crippen LogP contribution in [-0.4, -0.2) is 34.8 Å². The van der Waals surface area contributed by atoms with E-state index >= 15 is 0 Å². The zero-order valence-electron chi connectivity index (χ0n) is 14.0. The van der Waals surface area contributed by atoms with Gasteiger partial charge in [-0.3, -0.25) is 9.59 Å².